The summed E-state index contributed by atoms with van der Waals surface area (Å²) >= 11 is 0. The smallest absolute Gasteiger partial charge is 0.258 e. The second-order valence-corrected chi connectivity index (χ2v) is 5.38. The van der Waals surface area contributed by atoms with Crippen molar-refractivity contribution < 1.29 is 4.79 Å². The van der Waals surface area contributed by atoms with Gasteiger partial charge >= 0.3 is 0 Å². The Kier molecular flexibility index (Phi) is 4.23. The first-order chi connectivity index (χ1) is 11.2. The lowest BCUT2D eigenvalue weighted by Gasteiger charge is -2.09. The summed E-state index contributed by atoms with van der Waals surface area (Å²) in [6.07, 6.45) is 8.05. The number of aryl methyl sites for hydroxylation is 2. The summed E-state index contributed by atoms with van der Waals surface area (Å²) < 4.78 is 3.72. The Morgan fingerprint density at radius 3 is 2.96 bits per heavy atom. The molecule has 1 aromatic carbocycles. The summed E-state index contributed by atoms with van der Waals surface area (Å²) in [5.74, 6) is 0.733. The average molecular weight is 309 g/mol. The maximum absolute atomic E-state index is 12.2. The number of rotatable bonds is 5. The van der Waals surface area contributed by atoms with E-state index < -0.39 is 0 Å². The fourth-order valence-electron chi connectivity index (χ4n) is 2.47. The first-order valence-electron chi connectivity index (χ1n) is 7.59. The molecule has 0 unspecified atom stereocenters. The van der Waals surface area contributed by atoms with E-state index in [4.69, 9.17) is 0 Å². The summed E-state index contributed by atoms with van der Waals surface area (Å²) in [7, 11) is 1.78. The van der Waals surface area contributed by atoms with Gasteiger partial charge in [0, 0.05) is 43.4 Å². The van der Waals surface area contributed by atoms with Gasteiger partial charge in [-0.2, -0.15) is 5.10 Å². The van der Waals surface area contributed by atoms with Crippen molar-refractivity contribution in [1.82, 2.24) is 19.3 Å². The van der Waals surface area contributed by atoms with Gasteiger partial charge in [0.2, 0.25) is 0 Å². The van der Waals surface area contributed by atoms with Gasteiger partial charge < -0.3 is 9.88 Å². The maximum Gasteiger partial charge on any atom is 0.258 e. The van der Waals surface area contributed by atoms with E-state index in [1.165, 1.54) is 0 Å². The number of anilines is 1. The van der Waals surface area contributed by atoms with E-state index in [-0.39, 0.29) is 5.91 Å². The number of amides is 1. The van der Waals surface area contributed by atoms with E-state index in [1.54, 1.807) is 30.3 Å². The van der Waals surface area contributed by atoms with Crippen molar-refractivity contribution in [1.29, 1.82) is 0 Å². The van der Waals surface area contributed by atoms with Crippen LogP contribution in [-0.4, -0.2) is 25.2 Å². The second kappa shape index (κ2) is 6.48. The number of hydrogen-bond donors (Lipinski definition) is 1. The van der Waals surface area contributed by atoms with Gasteiger partial charge in [-0.1, -0.05) is 19.1 Å². The molecule has 0 atom stereocenters. The summed E-state index contributed by atoms with van der Waals surface area (Å²) in [4.78, 5) is 16.6. The van der Waals surface area contributed by atoms with Crippen LogP contribution in [0.15, 0.2) is 49.1 Å². The van der Waals surface area contributed by atoms with E-state index in [2.05, 4.69) is 26.9 Å². The zero-order chi connectivity index (χ0) is 16.2. The highest BCUT2D eigenvalue weighted by Gasteiger charge is 2.10. The Bertz CT molecular complexity index is 818. The van der Waals surface area contributed by atoms with Crippen molar-refractivity contribution >= 4 is 11.6 Å². The standard InChI is InChI=1S/C17H19N5O/c1-3-8-22-9-7-18-16(22)13-5-4-6-15(10-13)20-17(23)14-11-19-21(2)12-14/h4-7,9-12H,3,8H2,1-2H3,(H,20,23). The molecular weight excluding hydrogens is 290 g/mol. The molecule has 0 saturated heterocycles. The quantitative estimate of drug-likeness (QED) is 0.788. The minimum atomic E-state index is -0.174. The fraction of sp³-hybridized carbons (Fsp3) is 0.235. The zero-order valence-electron chi connectivity index (χ0n) is 13.2. The molecule has 0 aliphatic heterocycles. The van der Waals surface area contributed by atoms with Crippen LogP contribution in [0, 0.1) is 0 Å². The minimum absolute atomic E-state index is 0.174. The van der Waals surface area contributed by atoms with E-state index >= 15 is 0 Å². The number of aromatic nitrogens is 4. The third kappa shape index (κ3) is 3.31. The zero-order valence-corrected chi connectivity index (χ0v) is 13.2. The van der Waals surface area contributed by atoms with E-state index in [1.807, 2.05) is 30.5 Å². The molecule has 2 heterocycles. The monoisotopic (exact) mass is 309 g/mol. The number of nitrogens with zero attached hydrogens (tertiary/aromatic N) is 4. The molecule has 1 amide bonds. The predicted molar refractivity (Wildman–Crippen MR) is 89.1 cm³/mol. The van der Waals surface area contributed by atoms with Crippen molar-refractivity contribution in [3.63, 3.8) is 0 Å². The van der Waals surface area contributed by atoms with Gasteiger partial charge in [-0.15, -0.1) is 0 Å². The van der Waals surface area contributed by atoms with Gasteiger partial charge in [0.05, 0.1) is 11.8 Å². The van der Waals surface area contributed by atoms with Crippen LogP contribution in [-0.2, 0) is 13.6 Å². The van der Waals surface area contributed by atoms with Crippen LogP contribution >= 0.6 is 0 Å². The second-order valence-electron chi connectivity index (χ2n) is 5.38. The van der Waals surface area contributed by atoms with Gasteiger partial charge in [0.15, 0.2) is 0 Å². The Balaban J connectivity index is 1.82. The lowest BCUT2D eigenvalue weighted by atomic mass is 10.2. The van der Waals surface area contributed by atoms with E-state index in [9.17, 15) is 4.79 Å². The Morgan fingerprint density at radius 1 is 1.35 bits per heavy atom. The van der Waals surface area contributed by atoms with Crippen molar-refractivity contribution in [2.45, 2.75) is 19.9 Å². The van der Waals surface area contributed by atoms with Crippen LogP contribution in [0.3, 0.4) is 0 Å². The molecule has 0 radical (unpaired) electrons. The lowest BCUT2D eigenvalue weighted by Crippen LogP contribution is -2.11. The predicted octanol–water partition coefficient (Wildman–Crippen LogP) is 2.95. The highest BCUT2D eigenvalue weighted by Crippen LogP contribution is 2.22. The van der Waals surface area contributed by atoms with Crippen molar-refractivity contribution in [2.75, 3.05) is 5.32 Å². The number of carbonyl (C=O) groups is 1. The maximum atomic E-state index is 12.2. The number of benzene rings is 1. The summed E-state index contributed by atoms with van der Waals surface area (Å²) in [6, 6.07) is 7.71. The fourth-order valence-corrected chi connectivity index (χ4v) is 2.47. The number of hydrogen-bond acceptors (Lipinski definition) is 3. The van der Waals surface area contributed by atoms with Crippen LogP contribution in [0.25, 0.3) is 11.4 Å². The van der Waals surface area contributed by atoms with Crippen LogP contribution in [0.2, 0.25) is 0 Å². The van der Waals surface area contributed by atoms with Crippen molar-refractivity contribution in [2.24, 2.45) is 7.05 Å². The molecule has 2 aromatic heterocycles. The highest BCUT2D eigenvalue weighted by molar-refractivity contribution is 6.04. The topological polar surface area (TPSA) is 64.7 Å². The number of imidazole rings is 1. The van der Waals surface area contributed by atoms with Crippen LogP contribution in [0.1, 0.15) is 23.7 Å². The Morgan fingerprint density at radius 2 is 2.22 bits per heavy atom. The summed E-state index contributed by atoms with van der Waals surface area (Å²) in [5.41, 5.74) is 2.25. The molecular formula is C17H19N5O. The van der Waals surface area contributed by atoms with Gasteiger partial charge in [-0.05, 0) is 18.6 Å². The van der Waals surface area contributed by atoms with Crippen LogP contribution < -0.4 is 5.32 Å². The molecule has 6 nitrogen and oxygen atoms in total. The molecule has 1 N–H and O–H groups in total. The average Bonchev–Trinajstić information content (AvgIpc) is 3.17. The largest absolute Gasteiger partial charge is 0.331 e. The van der Waals surface area contributed by atoms with E-state index in [0.29, 0.717) is 5.56 Å². The highest BCUT2D eigenvalue weighted by atomic mass is 16.1. The minimum Gasteiger partial charge on any atom is -0.331 e. The number of carbonyl (C=O) groups excluding carboxylic acids is 1. The van der Waals surface area contributed by atoms with Gasteiger partial charge in [0.25, 0.3) is 5.91 Å². The van der Waals surface area contributed by atoms with E-state index in [0.717, 1.165) is 30.0 Å². The molecule has 0 fully saturated rings. The molecule has 3 aromatic rings. The summed E-state index contributed by atoms with van der Waals surface area (Å²) in [5, 5.41) is 6.91. The molecule has 0 spiro atoms. The SMILES string of the molecule is CCCn1ccnc1-c1cccc(NC(=O)c2cnn(C)c2)c1. The molecule has 3 rings (SSSR count). The molecule has 0 aliphatic rings. The Labute approximate surface area is 134 Å². The molecule has 118 valence electrons. The first-order valence-corrected chi connectivity index (χ1v) is 7.59. The number of nitrogens with one attached hydrogen (secondary N) is 1. The van der Waals surface area contributed by atoms with Crippen LogP contribution in [0.5, 0.6) is 0 Å². The first kappa shape index (κ1) is 15.0. The Hall–Kier alpha value is -2.89. The molecule has 0 aliphatic carbocycles. The third-order valence-corrected chi connectivity index (χ3v) is 3.53. The van der Waals surface area contributed by atoms with Gasteiger partial charge in [0.1, 0.15) is 5.82 Å². The molecule has 0 saturated carbocycles. The molecule has 6 heteroatoms. The van der Waals surface area contributed by atoms with Crippen LogP contribution in [0.4, 0.5) is 5.69 Å². The normalized spacial score (nSPS) is 10.7. The van der Waals surface area contributed by atoms with Gasteiger partial charge in [-0.25, -0.2) is 4.98 Å². The van der Waals surface area contributed by atoms with Crippen molar-refractivity contribution in [3.8, 4) is 11.4 Å². The lowest BCUT2D eigenvalue weighted by molar-refractivity contribution is 0.102. The molecule has 23 heavy (non-hydrogen) atoms. The molecule has 0 bridgehead atoms. The third-order valence-electron chi connectivity index (χ3n) is 3.53. The summed E-state index contributed by atoms with van der Waals surface area (Å²) in [6.45, 7) is 3.05. The van der Waals surface area contributed by atoms with Crippen molar-refractivity contribution in [3.05, 3.63) is 54.6 Å². The van der Waals surface area contributed by atoms with Gasteiger partial charge in [-0.3, -0.25) is 9.48 Å².